The summed E-state index contributed by atoms with van der Waals surface area (Å²) in [5, 5.41) is 29.8. The largest absolute Gasteiger partial charge is 0.414 e. The van der Waals surface area contributed by atoms with Crippen molar-refractivity contribution < 1.29 is 14.6 Å². The third kappa shape index (κ3) is 2.35. The molecule has 0 saturated heterocycles. The van der Waals surface area contributed by atoms with Crippen molar-refractivity contribution in [2.45, 2.75) is 0 Å². The predicted molar refractivity (Wildman–Crippen MR) is 79.4 cm³/mol. The molecule has 13 nitrogen and oxygen atoms in total. The average Bonchev–Trinajstić information content (AvgIpc) is 3.17. The molecule has 0 N–H and O–H groups in total. The predicted octanol–water partition coefficient (Wildman–Crippen LogP) is 1.38. The van der Waals surface area contributed by atoms with E-state index in [0.29, 0.717) is 0 Å². The van der Waals surface area contributed by atoms with E-state index in [9.17, 15) is 20.2 Å². The minimum Gasteiger partial charge on any atom is -0.414 e. The number of rotatable bonds is 4. The molecule has 0 bridgehead atoms. The summed E-state index contributed by atoms with van der Waals surface area (Å²) < 4.78 is 7.45. The molecule has 4 aromatic heterocycles. The van der Waals surface area contributed by atoms with Gasteiger partial charge in [-0.1, -0.05) is 9.03 Å². The minimum atomic E-state index is -0.629. The molecule has 0 aromatic carbocycles. The number of hydrogen-bond acceptors (Lipinski definition) is 9. The van der Waals surface area contributed by atoms with Crippen molar-refractivity contribution in [2.75, 3.05) is 0 Å². The molecule has 124 valence electrons. The fourth-order valence-corrected chi connectivity index (χ4v) is 2.15. The maximum Gasteiger partial charge on any atom is 0.368 e. The van der Waals surface area contributed by atoms with Gasteiger partial charge in [0.05, 0.1) is 0 Å². The zero-order chi connectivity index (χ0) is 17.6. The van der Waals surface area contributed by atoms with E-state index < -0.39 is 9.85 Å². The highest BCUT2D eigenvalue weighted by Gasteiger charge is 2.19. The molecule has 4 heterocycles. The first-order valence-electron chi connectivity index (χ1n) is 6.69. The van der Waals surface area contributed by atoms with Crippen molar-refractivity contribution in [3.63, 3.8) is 0 Å². The molecule has 0 spiro atoms. The lowest BCUT2D eigenvalue weighted by molar-refractivity contribution is -0.391. The standard InChI is InChI=1S/C12H6N8O5/c21-19(22)11-5-13-7-1-3-9(15-17(7)11)25-10-4-2-8-14-6-12(20(23)24)18(8)16-10/h1-6H. The Hall–Kier alpha value is -4.16. The van der Waals surface area contributed by atoms with Crippen molar-refractivity contribution in [3.05, 3.63) is 56.9 Å². The Bertz CT molecular complexity index is 1060. The van der Waals surface area contributed by atoms with Crippen molar-refractivity contribution in [3.8, 4) is 11.8 Å². The highest BCUT2D eigenvalue weighted by Crippen LogP contribution is 2.21. The number of hydrogen-bond donors (Lipinski definition) is 0. The molecule has 0 unspecified atom stereocenters. The zero-order valence-electron chi connectivity index (χ0n) is 12.1. The van der Waals surface area contributed by atoms with E-state index in [-0.39, 0.29) is 34.7 Å². The lowest BCUT2D eigenvalue weighted by atomic mass is 10.5. The molecule has 4 aromatic rings. The van der Waals surface area contributed by atoms with Crippen LogP contribution in [0.3, 0.4) is 0 Å². The van der Waals surface area contributed by atoms with Crippen LogP contribution in [0.4, 0.5) is 11.6 Å². The van der Waals surface area contributed by atoms with Gasteiger partial charge < -0.3 is 25.0 Å². The van der Waals surface area contributed by atoms with Gasteiger partial charge in [0.25, 0.3) is 11.8 Å². The second-order valence-corrected chi connectivity index (χ2v) is 4.73. The normalized spacial score (nSPS) is 11.0. The van der Waals surface area contributed by atoms with Crippen LogP contribution in [0.15, 0.2) is 36.7 Å². The van der Waals surface area contributed by atoms with Crippen LogP contribution in [0.1, 0.15) is 0 Å². The van der Waals surface area contributed by atoms with Crippen molar-refractivity contribution in [1.29, 1.82) is 0 Å². The third-order valence-corrected chi connectivity index (χ3v) is 3.22. The number of imidazole rings is 2. The Morgan fingerprint density at radius 2 is 1.24 bits per heavy atom. The van der Waals surface area contributed by atoms with Gasteiger partial charge in [0.2, 0.25) is 11.3 Å². The van der Waals surface area contributed by atoms with Gasteiger partial charge in [-0.05, 0) is 20.0 Å². The number of ether oxygens (including phenoxy) is 1. The molecule has 0 atom stereocenters. The first-order chi connectivity index (χ1) is 12.0. The first kappa shape index (κ1) is 14.4. The van der Waals surface area contributed by atoms with E-state index in [2.05, 4.69) is 20.2 Å². The Labute approximate surface area is 136 Å². The second-order valence-electron chi connectivity index (χ2n) is 4.73. The van der Waals surface area contributed by atoms with Gasteiger partial charge in [0, 0.05) is 24.3 Å². The SMILES string of the molecule is O=[N+]([O-])c1cnc2ccc(Oc3ccc4ncc([N+](=O)[O-])n4n3)nn12. The molecule has 0 aliphatic rings. The molecule has 4 rings (SSSR count). The molecule has 0 radical (unpaired) electrons. The summed E-state index contributed by atoms with van der Waals surface area (Å²) in [7, 11) is 0. The lowest BCUT2D eigenvalue weighted by Gasteiger charge is -2.01. The molecule has 0 aliphatic carbocycles. The van der Waals surface area contributed by atoms with Crippen LogP contribution in [-0.2, 0) is 0 Å². The smallest absolute Gasteiger partial charge is 0.368 e. The first-order valence-corrected chi connectivity index (χ1v) is 6.69. The third-order valence-electron chi connectivity index (χ3n) is 3.22. The summed E-state index contributed by atoms with van der Waals surface area (Å²) in [6, 6.07) is 5.85. The summed E-state index contributed by atoms with van der Waals surface area (Å²) in [4.78, 5) is 28.3. The Balaban J connectivity index is 1.74. The maximum atomic E-state index is 10.9. The van der Waals surface area contributed by atoms with Gasteiger partial charge in [-0.15, -0.1) is 0 Å². The monoisotopic (exact) mass is 342 g/mol. The molecule has 0 saturated carbocycles. The van der Waals surface area contributed by atoms with Crippen LogP contribution in [0.5, 0.6) is 11.8 Å². The molecule has 0 amide bonds. The summed E-state index contributed by atoms with van der Waals surface area (Å²) in [5.74, 6) is -0.644. The second kappa shape index (κ2) is 5.19. The van der Waals surface area contributed by atoms with Gasteiger partial charge >= 0.3 is 11.6 Å². The van der Waals surface area contributed by atoms with Crippen LogP contribution < -0.4 is 4.74 Å². The number of nitrogens with zero attached hydrogens (tertiary/aromatic N) is 8. The molecular weight excluding hydrogens is 336 g/mol. The fraction of sp³-hybridized carbons (Fsp3) is 0. The van der Waals surface area contributed by atoms with Gasteiger partial charge in [0.1, 0.15) is 12.4 Å². The topological polar surface area (TPSA) is 156 Å². The van der Waals surface area contributed by atoms with Crippen LogP contribution in [0.25, 0.3) is 11.3 Å². The van der Waals surface area contributed by atoms with Gasteiger partial charge in [-0.25, -0.2) is 9.97 Å². The van der Waals surface area contributed by atoms with Crippen LogP contribution >= 0.6 is 0 Å². The average molecular weight is 342 g/mol. The van der Waals surface area contributed by atoms with Crippen molar-refractivity contribution in [2.24, 2.45) is 0 Å². The minimum absolute atomic E-state index is 0.00298. The van der Waals surface area contributed by atoms with Crippen molar-refractivity contribution in [1.82, 2.24) is 29.2 Å². The highest BCUT2D eigenvalue weighted by molar-refractivity contribution is 5.45. The molecule has 25 heavy (non-hydrogen) atoms. The van der Waals surface area contributed by atoms with Gasteiger partial charge in [-0.2, -0.15) is 0 Å². The van der Waals surface area contributed by atoms with Gasteiger partial charge in [-0.3, -0.25) is 0 Å². The van der Waals surface area contributed by atoms with Gasteiger partial charge in [0.15, 0.2) is 0 Å². The molecule has 0 fully saturated rings. The molecule has 0 aliphatic heterocycles. The lowest BCUT2D eigenvalue weighted by Crippen LogP contribution is -2.02. The Morgan fingerprint density at radius 3 is 1.64 bits per heavy atom. The van der Waals surface area contributed by atoms with E-state index in [4.69, 9.17) is 4.74 Å². The Morgan fingerprint density at radius 1 is 0.800 bits per heavy atom. The molecular formula is C12H6N8O5. The Kier molecular flexibility index (Phi) is 3.00. The quantitative estimate of drug-likeness (QED) is 0.394. The van der Waals surface area contributed by atoms with E-state index in [0.717, 1.165) is 21.4 Å². The van der Waals surface area contributed by atoms with Crippen LogP contribution in [0, 0.1) is 20.2 Å². The number of fused-ring (bicyclic) bond motifs is 2. The van der Waals surface area contributed by atoms with Crippen LogP contribution in [0.2, 0.25) is 0 Å². The van der Waals surface area contributed by atoms with E-state index in [1.165, 1.54) is 24.3 Å². The highest BCUT2D eigenvalue weighted by atomic mass is 16.6. The van der Waals surface area contributed by atoms with Crippen LogP contribution in [-0.4, -0.2) is 39.0 Å². The summed E-state index contributed by atoms with van der Waals surface area (Å²) in [6.07, 6.45) is 2.15. The van der Waals surface area contributed by atoms with Crippen molar-refractivity contribution >= 4 is 22.9 Å². The van der Waals surface area contributed by atoms with E-state index in [1.807, 2.05) is 0 Å². The van der Waals surface area contributed by atoms with E-state index >= 15 is 0 Å². The number of nitro groups is 2. The number of aromatic nitrogens is 6. The fourth-order valence-electron chi connectivity index (χ4n) is 2.15. The molecule has 13 heteroatoms. The summed E-state index contributed by atoms with van der Waals surface area (Å²) in [6.45, 7) is 0. The summed E-state index contributed by atoms with van der Waals surface area (Å²) in [5.41, 5.74) is 0.542. The van der Waals surface area contributed by atoms with E-state index in [1.54, 1.807) is 0 Å². The maximum absolute atomic E-state index is 10.9. The summed E-state index contributed by atoms with van der Waals surface area (Å²) >= 11 is 0. The zero-order valence-corrected chi connectivity index (χ0v) is 12.1.